The fourth-order valence-corrected chi connectivity index (χ4v) is 7.93. The van der Waals surface area contributed by atoms with E-state index in [-0.39, 0.29) is 5.97 Å². The average molecular weight is 622 g/mol. The molecule has 2 aromatic heterocycles. The number of cyclic esters (lactones) is 1. The lowest BCUT2D eigenvalue weighted by molar-refractivity contribution is 0.0482. The number of hydrogen-bond acceptors (Lipinski definition) is 3. The molecule has 7 rings (SSSR count). The minimum absolute atomic E-state index is 0.275. The quantitative estimate of drug-likeness (QED) is 0.151. The second kappa shape index (κ2) is 12.3. The van der Waals surface area contributed by atoms with Gasteiger partial charge in [-0.05, 0) is 77.4 Å². The monoisotopic (exact) mass is 621 g/mol. The van der Waals surface area contributed by atoms with Crippen molar-refractivity contribution in [2.75, 3.05) is 18.0 Å². The molecular weight excluding hydrogens is 578 g/mol. The molecule has 1 atom stereocenters. The van der Waals surface area contributed by atoms with E-state index in [0.29, 0.717) is 5.56 Å². The van der Waals surface area contributed by atoms with E-state index < -0.39 is 6.10 Å². The van der Waals surface area contributed by atoms with E-state index in [1.807, 2.05) is 18.2 Å². The van der Waals surface area contributed by atoms with Crippen molar-refractivity contribution in [3.8, 4) is 0 Å². The maximum absolute atomic E-state index is 13.5. The molecule has 1 aliphatic heterocycles. The number of carbonyl (C=O) groups excluding carboxylic acids is 1. The minimum atomic E-state index is -0.570. The van der Waals surface area contributed by atoms with Crippen LogP contribution in [0.25, 0.3) is 33.0 Å². The third kappa shape index (κ3) is 4.79. The van der Waals surface area contributed by atoms with Crippen LogP contribution < -0.4 is 4.90 Å². The normalized spacial score (nSPS) is 14.1. The summed E-state index contributed by atoms with van der Waals surface area (Å²) in [5.41, 5.74) is 13.1. The Morgan fingerprint density at radius 2 is 1.19 bits per heavy atom. The molecule has 238 valence electrons. The highest BCUT2D eigenvalue weighted by atomic mass is 16.5. The third-order valence-electron chi connectivity index (χ3n) is 10.1. The zero-order valence-electron chi connectivity index (χ0n) is 28.3. The summed E-state index contributed by atoms with van der Waals surface area (Å²) in [6.07, 6.45) is -0.570. The molecule has 0 amide bonds. The van der Waals surface area contributed by atoms with Crippen molar-refractivity contribution >= 4 is 44.6 Å². The summed E-state index contributed by atoms with van der Waals surface area (Å²) >= 11 is 0. The number of carbonyl (C=O) groups is 1. The molecule has 1 unspecified atom stereocenters. The number of fused-ring (bicyclic) bond motifs is 3. The number of benzene rings is 4. The molecule has 0 fully saturated rings. The molecule has 0 spiro atoms. The molecule has 5 nitrogen and oxygen atoms in total. The maximum atomic E-state index is 13.5. The van der Waals surface area contributed by atoms with Gasteiger partial charge in [-0.1, -0.05) is 66.7 Å². The van der Waals surface area contributed by atoms with E-state index in [0.717, 1.165) is 48.5 Å². The smallest absolute Gasteiger partial charge is 0.339 e. The van der Waals surface area contributed by atoms with Crippen LogP contribution in [0, 0.1) is 13.8 Å². The van der Waals surface area contributed by atoms with Crippen LogP contribution in [-0.2, 0) is 17.8 Å². The zero-order chi connectivity index (χ0) is 32.8. The SMILES string of the molecule is CCN(CC)c1ccc(C(=C(c2c(C)n(CC)c3ccccc23)c2c(C)n(CC)c3ccccc23)C2OC(=O)c3ccccc32)cc1. The lowest BCUT2D eigenvalue weighted by Gasteiger charge is -2.25. The number of anilines is 1. The Morgan fingerprint density at radius 3 is 1.72 bits per heavy atom. The minimum Gasteiger partial charge on any atom is -0.449 e. The largest absolute Gasteiger partial charge is 0.449 e. The fraction of sp³-hybridized carbons (Fsp3) is 0.262. The number of esters is 1. The number of hydrogen-bond donors (Lipinski definition) is 0. The molecule has 0 radical (unpaired) electrons. The van der Waals surface area contributed by atoms with E-state index >= 15 is 0 Å². The first-order chi connectivity index (χ1) is 22.9. The van der Waals surface area contributed by atoms with Gasteiger partial charge >= 0.3 is 5.97 Å². The lowest BCUT2D eigenvalue weighted by atomic mass is 9.82. The summed E-state index contributed by atoms with van der Waals surface area (Å²) in [6, 6.07) is 34.2. The van der Waals surface area contributed by atoms with Crippen LogP contribution >= 0.6 is 0 Å². The summed E-state index contributed by atoms with van der Waals surface area (Å²) in [4.78, 5) is 15.9. The molecule has 0 saturated heterocycles. The van der Waals surface area contributed by atoms with Crippen molar-refractivity contribution in [2.45, 2.75) is 60.7 Å². The molecule has 0 N–H and O–H groups in total. The van der Waals surface area contributed by atoms with Crippen molar-refractivity contribution in [1.82, 2.24) is 9.13 Å². The Bertz CT molecular complexity index is 2070. The Kier molecular flexibility index (Phi) is 8.01. The zero-order valence-corrected chi connectivity index (χ0v) is 28.3. The van der Waals surface area contributed by atoms with E-state index in [1.165, 1.54) is 50.0 Å². The van der Waals surface area contributed by atoms with Crippen molar-refractivity contribution < 1.29 is 9.53 Å². The number of ether oxygens (including phenoxy) is 1. The average Bonchev–Trinajstić information content (AvgIpc) is 3.69. The summed E-state index contributed by atoms with van der Waals surface area (Å²) in [7, 11) is 0. The predicted octanol–water partition coefficient (Wildman–Crippen LogP) is 9.97. The van der Waals surface area contributed by atoms with Gasteiger partial charge in [0.1, 0.15) is 0 Å². The number of nitrogens with zero attached hydrogens (tertiary/aromatic N) is 3. The van der Waals surface area contributed by atoms with Crippen molar-refractivity contribution in [1.29, 1.82) is 0 Å². The molecule has 1 aliphatic rings. The number of para-hydroxylation sites is 2. The summed E-state index contributed by atoms with van der Waals surface area (Å²) < 4.78 is 11.3. The second-order valence-corrected chi connectivity index (χ2v) is 12.3. The molecule has 0 saturated carbocycles. The van der Waals surface area contributed by atoms with Crippen molar-refractivity contribution in [3.63, 3.8) is 0 Å². The molecule has 0 bridgehead atoms. The summed E-state index contributed by atoms with van der Waals surface area (Å²) in [5, 5.41) is 2.40. The van der Waals surface area contributed by atoms with Gasteiger partial charge < -0.3 is 18.8 Å². The van der Waals surface area contributed by atoms with Gasteiger partial charge in [-0.25, -0.2) is 4.79 Å². The van der Waals surface area contributed by atoms with Crippen molar-refractivity contribution in [3.05, 3.63) is 136 Å². The van der Waals surface area contributed by atoms with Gasteiger partial charge in [0.05, 0.1) is 5.56 Å². The van der Waals surface area contributed by atoms with E-state index in [9.17, 15) is 4.79 Å². The van der Waals surface area contributed by atoms with Gasteiger partial charge in [0.25, 0.3) is 0 Å². The maximum Gasteiger partial charge on any atom is 0.339 e. The van der Waals surface area contributed by atoms with Crippen LogP contribution in [0.1, 0.15) is 77.8 Å². The van der Waals surface area contributed by atoms with E-state index in [1.54, 1.807) is 0 Å². The van der Waals surface area contributed by atoms with Gasteiger partial charge in [-0.2, -0.15) is 0 Å². The van der Waals surface area contributed by atoms with Crippen LogP contribution in [-0.4, -0.2) is 28.2 Å². The first kappa shape index (κ1) is 30.6. The van der Waals surface area contributed by atoms with Gasteiger partial charge in [0, 0.05) is 92.9 Å². The molecule has 47 heavy (non-hydrogen) atoms. The van der Waals surface area contributed by atoms with E-state index in [4.69, 9.17) is 4.74 Å². The highest BCUT2D eigenvalue weighted by molar-refractivity contribution is 6.14. The van der Waals surface area contributed by atoms with Gasteiger partial charge in [0.2, 0.25) is 0 Å². The highest BCUT2D eigenvalue weighted by Gasteiger charge is 2.38. The lowest BCUT2D eigenvalue weighted by Crippen LogP contribution is -2.21. The Hall–Kier alpha value is -5.03. The first-order valence-electron chi connectivity index (χ1n) is 17.0. The van der Waals surface area contributed by atoms with Crippen molar-refractivity contribution in [2.24, 2.45) is 0 Å². The van der Waals surface area contributed by atoms with Crippen LogP contribution in [0.3, 0.4) is 0 Å². The number of aromatic nitrogens is 2. The highest BCUT2D eigenvalue weighted by Crippen LogP contribution is 2.50. The van der Waals surface area contributed by atoms with Crippen LogP contribution in [0.2, 0.25) is 0 Å². The van der Waals surface area contributed by atoms with Crippen LogP contribution in [0.4, 0.5) is 5.69 Å². The number of aryl methyl sites for hydroxylation is 2. The van der Waals surface area contributed by atoms with Gasteiger partial charge in [-0.3, -0.25) is 0 Å². The predicted molar refractivity (Wildman–Crippen MR) is 195 cm³/mol. The van der Waals surface area contributed by atoms with Crippen LogP contribution in [0.15, 0.2) is 97.1 Å². The molecule has 5 heteroatoms. The van der Waals surface area contributed by atoms with Gasteiger partial charge in [0.15, 0.2) is 6.10 Å². The summed E-state index contributed by atoms with van der Waals surface area (Å²) in [6.45, 7) is 16.8. The molecule has 0 aliphatic carbocycles. The topological polar surface area (TPSA) is 39.4 Å². The second-order valence-electron chi connectivity index (χ2n) is 12.3. The van der Waals surface area contributed by atoms with Gasteiger partial charge in [-0.15, -0.1) is 0 Å². The van der Waals surface area contributed by atoms with Crippen LogP contribution in [0.5, 0.6) is 0 Å². The molecule has 6 aromatic rings. The fourth-order valence-electron chi connectivity index (χ4n) is 7.93. The third-order valence-corrected chi connectivity index (χ3v) is 10.1. The Balaban J connectivity index is 1.68. The standard InChI is InChI=1S/C42H43N3O2/c1-7-43(8-2)30-25-23-29(24-26-30)39(41-31-17-11-12-18-32(31)42(46)47-41)40(37-27(5)44(9-3)35-21-15-13-19-33(35)37)38-28(6)45(10-4)36-22-16-14-20-34(36)38/h11-26,41H,7-10H2,1-6H3. The summed E-state index contributed by atoms with van der Waals surface area (Å²) in [5.74, 6) is -0.275. The first-order valence-corrected chi connectivity index (χ1v) is 17.0. The molecule has 4 aromatic carbocycles. The number of rotatable bonds is 9. The Morgan fingerprint density at radius 1 is 0.681 bits per heavy atom. The molecule has 3 heterocycles. The van der Waals surface area contributed by atoms with E-state index in [2.05, 4.69) is 134 Å². The molecular formula is C42H43N3O2. The Labute approximate surface area is 277 Å².